The van der Waals surface area contributed by atoms with Crippen LogP contribution in [0.2, 0.25) is 0 Å². The number of β-amino-alcohol motifs (C(OH)–C–C–N with tert-alkyl or cyclic N) is 1. The molecule has 1 rings (SSSR count). The number of hydrogen-bond acceptors (Lipinski definition) is 2. The van der Waals surface area contributed by atoms with Crippen LogP contribution in [0.3, 0.4) is 0 Å². The van der Waals surface area contributed by atoms with E-state index in [0.29, 0.717) is 5.41 Å². The van der Waals surface area contributed by atoms with Crippen molar-refractivity contribution in [2.75, 3.05) is 19.6 Å². The number of aliphatic hydroxyl groups excluding tert-OH is 1. The van der Waals surface area contributed by atoms with Crippen molar-refractivity contribution in [1.82, 2.24) is 4.90 Å². The third-order valence-electron chi connectivity index (χ3n) is 3.44. The Labute approximate surface area is 81.9 Å². The van der Waals surface area contributed by atoms with E-state index >= 15 is 0 Å². The SMILES string of the molecule is CCC1(C)CCN(C[C@H](C)O)CC1. The molecule has 1 heterocycles. The Kier molecular flexibility index (Phi) is 3.74. The van der Waals surface area contributed by atoms with E-state index in [1.54, 1.807) is 0 Å². The van der Waals surface area contributed by atoms with E-state index in [-0.39, 0.29) is 6.10 Å². The Bertz CT molecular complexity index is 148. The molecule has 0 aromatic carbocycles. The summed E-state index contributed by atoms with van der Waals surface area (Å²) in [6, 6.07) is 0. The van der Waals surface area contributed by atoms with Crippen LogP contribution in [0.4, 0.5) is 0 Å². The van der Waals surface area contributed by atoms with E-state index in [4.69, 9.17) is 0 Å². The van der Waals surface area contributed by atoms with E-state index in [0.717, 1.165) is 19.6 Å². The second-order valence-corrected chi connectivity index (χ2v) is 4.81. The normalized spacial score (nSPS) is 25.8. The fourth-order valence-corrected chi connectivity index (χ4v) is 2.00. The second-order valence-electron chi connectivity index (χ2n) is 4.81. The maximum Gasteiger partial charge on any atom is 0.0639 e. The molecular formula is C11H23NO. The molecule has 1 fully saturated rings. The van der Waals surface area contributed by atoms with Crippen molar-refractivity contribution in [1.29, 1.82) is 0 Å². The first kappa shape index (κ1) is 11.0. The Balaban J connectivity index is 2.30. The predicted molar refractivity (Wildman–Crippen MR) is 55.8 cm³/mol. The number of nitrogens with zero attached hydrogens (tertiary/aromatic N) is 1. The van der Waals surface area contributed by atoms with Gasteiger partial charge in [0.2, 0.25) is 0 Å². The number of piperidine rings is 1. The van der Waals surface area contributed by atoms with Gasteiger partial charge in [-0.2, -0.15) is 0 Å². The van der Waals surface area contributed by atoms with Gasteiger partial charge >= 0.3 is 0 Å². The van der Waals surface area contributed by atoms with Crippen molar-refractivity contribution in [3.8, 4) is 0 Å². The molecule has 0 bridgehead atoms. The minimum absolute atomic E-state index is 0.175. The van der Waals surface area contributed by atoms with E-state index in [1.165, 1.54) is 19.3 Å². The highest BCUT2D eigenvalue weighted by atomic mass is 16.3. The molecule has 0 amide bonds. The molecule has 1 aliphatic rings. The summed E-state index contributed by atoms with van der Waals surface area (Å²) in [6.07, 6.45) is 3.69. The molecule has 0 aromatic heterocycles. The molecule has 1 N–H and O–H groups in total. The largest absolute Gasteiger partial charge is 0.392 e. The third kappa shape index (κ3) is 3.28. The van der Waals surface area contributed by atoms with Gasteiger partial charge in [0.15, 0.2) is 0 Å². The summed E-state index contributed by atoms with van der Waals surface area (Å²) in [5, 5.41) is 9.25. The standard InChI is InChI=1S/C11H23NO/c1-4-11(3)5-7-12(8-6-11)9-10(2)13/h10,13H,4-9H2,1-3H3/t10-/m0/s1. The number of hydrogen-bond donors (Lipinski definition) is 1. The van der Waals surface area contributed by atoms with Crippen LogP contribution in [-0.2, 0) is 0 Å². The van der Waals surface area contributed by atoms with Crippen LogP contribution < -0.4 is 0 Å². The lowest BCUT2D eigenvalue weighted by Crippen LogP contribution is -2.41. The van der Waals surface area contributed by atoms with Crippen molar-refractivity contribution in [2.45, 2.75) is 46.1 Å². The number of aliphatic hydroxyl groups is 1. The smallest absolute Gasteiger partial charge is 0.0639 e. The zero-order chi connectivity index (χ0) is 9.90. The van der Waals surface area contributed by atoms with Gasteiger partial charge in [-0.25, -0.2) is 0 Å². The highest BCUT2D eigenvalue weighted by Gasteiger charge is 2.28. The molecule has 0 saturated carbocycles. The van der Waals surface area contributed by atoms with Gasteiger partial charge < -0.3 is 10.0 Å². The zero-order valence-electron chi connectivity index (χ0n) is 9.21. The van der Waals surface area contributed by atoms with Gasteiger partial charge in [0.25, 0.3) is 0 Å². The maximum atomic E-state index is 9.25. The van der Waals surface area contributed by atoms with Crippen LogP contribution in [0.25, 0.3) is 0 Å². The fraction of sp³-hybridized carbons (Fsp3) is 1.00. The topological polar surface area (TPSA) is 23.5 Å². The van der Waals surface area contributed by atoms with Crippen molar-refractivity contribution in [3.05, 3.63) is 0 Å². The van der Waals surface area contributed by atoms with Crippen LogP contribution in [0.5, 0.6) is 0 Å². The highest BCUT2D eigenvalue weighted by molar-refractivity contribution is 4.81. The first-order valence-corrected chi connectivity index (χ1v) is 5.46. The Morgan fingerprint density at radius 3 is 2.31 bits per heavy atom. The van der Waals surface area contributed by atoms with Gasteiger partial charge in [0.05, 0.1) is 6.10 Å². The van der Waals surface area contributed by atoms with Crippen LogP contribution in [0.1, 0.15) is 40.0 Å². The van der Waals surface area contributed by atoms with Crippen molar-refractivity contribution in [3.63, 3.8) is 0 Å². The molecule has 1 saturated heterocycles. The summed E-state index contributed by atoms with van der Waals surface area (Å²) in [7, 11) is 0. The highest BCUT2D eigenvalue weighted by Crippen LogP contribution is 2.33. The molecule has 0 aliphatic carbocycles. The average Bonchev–Trinajstić information content (AvgIpc) is 2.09. The summed E-state index contributed by atoms with van der Waals surface area (Å²) in [5.41, 5.74) is 0.565. The van der Waals surface area contributed by atoms with E-state index < -0.39 is 0 Å². The van der Waals surface area contributed by atoms with Crippen LogP contribution >= 0.6 is 0 Å². The lowest BCUT2D eigenvalue weighted by molar-refractivity contribution is 0.0700. The Hall–Kier alpha value is -0.0800. The van der Waals surface area contributed by atoms with Crippen LogP contribution in [-0.4, -0.2) is 35.7 Å². The molecular weight excluding hydrogens is 162 g/mol. The first-order valence-electron chi connectivity index (χ1n) is 5.46. The van der Waals surface area contributed by atoms with Gasteiger partial charge in [0.1, 0.15) is 0 Å². The minimum Gasteiger partial charge on any atom is -0.392 e. The molecule has 2 heteroatoms. The number of rotatable bonds is 3. The van der Waals surface area contributed by atoms with E-state index in [1.807, 2.05) is 6.92 Å². The molecule has 1 aliphatic heterocycles. The lowest BCUT2D eigenvalue weighted by Gasteiger charge is -2.39. The van der Waals surface area contributed by atoms with Crippen molar-refractivity contribution >= 4 is 0 Å². The third-order valence-corrected chi connectivity index (χ3v) is 3.44. The summed E-state index contributed by atoms with van der Waals surface area (Å²) < 4.78 is 0. The molecule has 0 radical (unpaired) electrons. The molecule has 0 unspecified atom stereocenters. The Morgan fingerprint density at radius 1 is 1.38 bits per heavy atom. The molecule has 0 spiro atoms. The maximum absolute atomic E-state index is 9.25. The van der Waals surface area contributed by atoms with E-state index in [9.17, 15) is 5.11 Å². The summed E-state index contributed by atoms with van der Waals surface area (Å²) in [5.74, 6) is 0. The minimum atomic E-state index is -0.175. The van der Waals surface area contributed by atoms with Gasteiger partial charge in [-0.15, -0.1) is 0 Å². The molecule has 0 aromatic rings. The van der Waals surface area contributed by atoms with Gasteiger partial charge in [-0.1, -0.05) is 20.3 Å². The summed E-state index contributed by atoms with van der Waals surface area (Å²) in [4.78, 5) is 2.38. The first-order chi connectivity index (χ1) is 6.06. The van der Waals surface area contributed by atoms with Crippen LogP contribution in [0.15, 0.2) is 0 Å². The van der Waals surface area contributed by atoms with Crippen molar-refractivity contribution < 1.29 is 5.11 Å². The molecule has 13 heavy (non-hydrogen) atoms. The second kappa shape index (κ2) is 4.43. The van der Waals surface area contributed by atoms with Gasteiger partial charge in [-0.3, -0.25) is 0 Å². The molecule has 78 valence electrons. The molecule has 1 atom stereocenters. The van der Waals surface area contributed by atoms with Gasteiger partial charge in [-0.05, 0) is 38.3 Å². The zero-order valence-corrected chi connectivity index (χ0v) is 9.21. The Morgan fingerprint density at radius 2 is 1.92 bits per heavy atom. The quantitative estimate of drug-likeness (QED) is 0.725. The van der Waals surface area contributed by atoms with Crippen molar-refractivity contribution in [2.24, 2.45) is 5.41 Å². The van der Waals surface area contributed by atoms with E-state index in [2.05, 4.69) is 18.7 Å². The summed E-state index contributed by atoms with van der Waals surface area (Å²) >= 11 is 0. The predicted octanol–water partition coefficient (Wildman–Crippen LogP) is 1.88. The monoisotopic (exact) mass is 185 g/mol. The van der Waals surface area contributed by atoms with Gasteiger partial charge in [0, 0.05) is 6.54 Å². The average molecular weight is 185 g/mol. The lowest BCUT2D eigenvalue weighted by atomic mass is 9.78. The van der Waals surface area contributed by atoms with Crippen LogP contribution in [0, 0.1) is 5.41 Å². The summed E-state index contributed by atoms with van der Waals surface area (Å²) in [6.45, 7) is 9.70. The fourth-order valence-electron chi connectivity index (χ4n) is 2.00. The number of likely N-dealkylation sites (tertiary alicyclic amines) is 1. The molecule has 2 nitrogen and oxygen atoms in total.